The summed E-state index contributed by atoms with van der Waals surface area (Å²) in [4.78, 5) is 109. The number of cyclic esters (lactones) is 3. The first kappa shape index (κ1) is 86.9. The molecule has 580 valence electrons. The van der Waals surface area contributed by atoms with Gasteiger partial charge in [0.15, 0.2) is 29.6 Å². The van der Waals surface area contributed by atoms with E-state index in [4.69, 9.17) is 63.2 Å². The Morgan fingerprint density at radius 1 is 0.775 bits per heavy atom. The lowest BCUT2D eigenvalue weighted by atomic mass is 9.76. The van der Waals surface area contributed by atoms with Crippen molar-refractivity contribution in [2.75, 3.05) is 68.6 Å². The van der Waals surface area contributed by atoms with Gasteiger partial charge in [0.2, 0.25) is 5.79 Å². The number of azide groups is 2. The highest BCUT2D eigenvalue weighted by molar-refractivity contribution is 6.00. The Morgan fingerprint density at radius 2 is 1.31 bits per heavy atom. The van der Waals surface area contributed by atoms with Crippen molar-refractivity contribution in [2.45, 2.75) is 303 Å². The van der Waals surface area contributed by atoms with Gasteiger partial charge in [-0.3, -0.25) is 19.2 Å². The minimum absolute atomic E-state index is 0.0277. The van der Waals surface area contributed by atoms with Gasteiger partial charge in [-0.25, -0.2) is 14.4 Å². The van der Waals surface area contributed by atoms with Gasteiger partial charge >= 0.3 is 24.1 Å². The van der Waals surface area contributed by atoms with Crippen molar-refractivity contribution >= 4 is 41.5 Å². The van der Waals surface area contributed by atoms with Crippen LogP contribution in [-0.4, -0.2) is 236 Å². The minimum atomic E-state index is -1.36. The molecule has 6 aliphatic rings. The molecule has 0 aromatic rings. The van der Waals surface area contributed by atoms with Crippen molar-refractivity contribution in [1.82, 2.24) is 19.6 Å². The van der Waals surface area contributed by atoms with E-state index in [1.165, 1.54) is 23.8 Å². The van der Waals surface area contributed by atoms with Gasteiger partial charge < -0.3 is 76.8 Å². The van der Waals surface area contributed by atoms with E-state index < -0.39 is 137 Å². The Morgan fingerprint density at radius 3 is 1.83 bits per heavy atom. The highest BCUT2D eigenvalue weighted by atomic mass is 16.7. The maximum absolute atomic E-state index is 14.3. The van der Waals surface area contributed by atoms with E-state index in [-0.39, 0.29) is 106 Å². The second kappa shape index (κ2) is 37.0. The van der Waals surface area contributed by atoms with Crippen LogP contribution in [0.1, 0.15) is 202 Å². The standard InChI is InChI=1S/C38H65N5O10.C35H59N5O9/c1-14-30(45)38(10)29(43(35(47)53-38)18-16-15-17-40-41-39)20-28(44)22(2)21-37(9,48-13)32(25(5)31-26(6)33(46)52-36(7,8)51-31)50-34-24(4)27(42(11)12)19-23(3)49-34;1-12-28-35(8)27(40(33(44)49-35)16-14-13-15-37-38-36)18-26(41)20(2)19-34(7,45-11)30(23(5)29(42)24(6)31(43)47-28)48-32-22(4)25(39(9)10)17-21(3)46-32/h22-25,27,29-30,32,34,45H,14-21H2,1-13H3;20-25,27-28,30,32H,12-19H2,1-11H3/t22-,23?,24?,25+,27?,29-,30-,32-,34+,37-,38+;20-,21?,22?,23+,24-,25?,27-,28-,30-,32+,34-,35+/m11/s1. The van der Waals surface area contributed by atoms with Crippen LogP contribution >= 0.6 is 0 Å². The van der Waals surface area contributed by atoms with Crippen LogP contribution in [-0.2, 0) is 76.1 Å². The zero-order valence-corrected chi connectivity index (χ0v) is 65.6. The van der Waals surface area contributed by atoms with Gasteiger partial charge in [0, 0.05) is 125 Å². The maximum Gasteiger partial charge on any atom is 0.410 e. The van der Waals surface area contributed by atoms with Gasteiger partial charge in [0.1, 0.15) is 29.3 Å². The van der Waals surface area contributed by atoms with Crippen molar-refractivity contribution in [3.05, 3.63) is 32.2 Å². The molecule has 102 heavy (non-hydrogen) atoms. The summed E-state index contributed by atoms with van der Waals surface area (Å²) in [6.45, 7) is 33.8. The molecule has 23 atom stereocenters. The number of carbonyl (C=O) groups excluding carboxylic acids is 7. The number of Topliss-reactive ketones (excluding diaryl/α,β-unsaturated/α-hetero) is 3. The quantitative estimate of drug-likeness (QED) is 0.0138. The molecule has 0 saturated carbocycles. The van der Waals surface area contributed by atoms with Gasteiger partial charge in [0.25, 0.3) is 0 Å². The van der Waals surface area contributed by atoms with E-state index in [9.17, 15) is 38.7 Å². The summed E-state index contributed by atoms with van der Waals surface area (Å²) in [5, 5.41) is 18.2. The molecule has 0 bridgehead atoms. The lowest BCUT2D eigenvalue weighted by molar-refractivity contribution is -0.285. The summed E-state index contributed by atoms with van der Waals surface area (Å²) in [5.74, 6) is -6.46. The average Bonchev–Trinajstić information content (AvgIpc) is 1.49. The number of aliphatic hydroxyl groups excluding tert-OH is 1. The zero-order chi connectivity index (χ0) is 76.9. The van der Waals surface area contributed by atoms with Crippen LogP contribution in [0.5, 0.6) is 0 Å². The number of amides is 2. The molecule has 5 saturated heterocycles. The second-order valence-corrected chi connectivity index (χ2v) is 31.3. The molecule has 6 heterocycles. The first-order valence-corrected chi connectivity index (χ1v) is 36.8. The summed E-state index contributed by atoms with van der Waals surface area (Å²) < 4.78 is 68.5. The number of hydrogen-bond donors (Lipinski definition) is 1. The van der Waals surface area contributed by atoms with E-state index in [0.29, 0.717) is 43.4 Å². The molecule has 2 amide bonds. The van der Waals surface area contributed by atoms with E-state index in [2.05, 4.69) is 43.7 Å². The topological polar surface area (TPSA) is 352 Å². The predicted octanol–water partition coefficient (Wildman–Crippen LogP) is 11.4. The lowest BCUT2D eigenvalue weighted by Gasteiger charge is -2.48. The Kier molecular flexibility index (Phi) is 31.5. The molecule has 5 fully saturated rings. The fourth-order valence-corrected chi connectivity index (χ4v) is 16.2. The summed E-state index contributed by atoms with van der Waals surface area (Å²) in [6, 6.07) is -1.13. The average molecular weight is 1450 g/mol. The summed E-state index contributed by atoms with van der Waals surface area (Å²) >= 11 is 0. The first-order chi connectivity index (χ1) is 47.6. The predicted molar refractivity (Wildman–Crippen MR) is 379 cm³/mol. The van der Waals surface area contributed by atoms with Crippen LogP contribution in [0.4, 0.5) is 9.59 Å². The number of nitrogens with zero attached hydrogens (tertiary/aromatic N) is 10. The summed E-state index contributed by atoms with van der Waals surface area (Å²) in [7, 11) is 11.2. The number of fused-ring (bicyclic) bond motifs is 1. The molecule has 0 aromatic heterocycles. The molecule has 6 unspecified atom stereocenters. The molecule has 29 heteroatoms. The second-order valence-electron chi connectivity index (χ2n) is 31.3. The smallest absolute Gasteiger partial charge is 0.410 e. The van der Waals surface area contributed by atoms with Gasteiger partial charge in [-0.05, 0) is 159 Å². The number of methoxy groups -OCH3 is 2. The molecule has 0 radical (unpaired) electrons. The van der Waals surface area contributed by atoms with Crippen molar-refractivity contribution in [3.8, 4) is 0 Å². The summed E-state index contributed by atoms with van der Waals surface area (Å²) in [5.41, 5.74) is 12.7. The van der Waals surface area contributed by atoms with Gasteiger partial charge in [0.05, 0.1) is 59.4 Å². The largest absolute Gasteiger partial charge is 0.458 e. The molecule has 0 spiro atoms. The van der Waals surface area contributed by atoms with E-state index in [1.54, 1.807) is 62.5 Å². The first-order valence-electron chi connectivity index (χ1n) is 36.8. The summed E-state index contributed by atoms with van der Waals surface area (Å²) in [6.07, 6.45) is -1.54. The van der Waals surface area contributed by atoms with E-state index in [1.807, 2.05) is 76.7 Å². The van der Waals surface area contributed by atoms with E-state index in [0.717, 1.165) is 12.8 Å². The number of carbonyl (C=O) groups is 7. The van der Waals surface area contributed by atoms with Crippen LogP contribution in [0, 0.1) is 41.4 Å². The Bertz CT molecular complexity index is 3020. The number of hydrogen-bond acceptors (Lipinski definition) is 23. The van der Waals surface area contributed by atoms with Crippen molar-refractivity contribution < 1.29 is 90.8 Å². The molecule has 29 nitrogen and oxygen atoms in total. The van der Waals surface area contributed by atoms with Crippen LogP contribution in [0.2, 0.25) is 0 Å². The highest BCUT2D eigenvalue weighted by Gasteiger charge is 2.60. The highest BCUT2D eigenvalue weighted by Crippen LogP contribution is 2.46. The zero-order valence-electron chi connectivity index (χ0n) is 65.6. The molecular formula is C73H124N10O19. The van der Waals surface area contributed by atoms with E-state index >= 15 is 0 Å². The third-order valence-corrected chi connectivity index (χ3v) is 22.6. The Balaban J connectivity index is 0.000000368. The normalized spacial score (nSPS) is 35.0. The van der Waals surface area contributed by atoms with Gasteiger partial charge in [-0.15, -0.1) is 0 Å². The van der Waals surface area contributed by atoms with Crippen LogP contribution < -0.4 is 0 Å². The fraction of sp³-hybridized carbons (Fsp3) is 0.877. The molecule has 0 aromatic carbocycles. The fourth-order valence-electron chi connectivity index (χ4n) is 16.2. The third kappa shape index (κ3) is 20.5. The minimum Gasteiger partial charge on any atom is -0.458 e. The van der Waals surface area contributed by atoms with Crippen LogP contribution in [0.25, 0.3) is 20.9 Å². The van der Waals surface area contributed by atoms with Crippen LogP contribution in [0.3, 0.4) is 0 Å². The van der Waals surface area contributed by atoms with Gasteiger partial charge in [-0.2, -0.15) is 0 Å². The number of ether oxygens (including phenoxy) is 11. The Labute approximate surface area is 605 Å². The molecule has 6 rings (SSSR count). The molecule has 1 N–H and O–H groups in total. The number of aliphatic hydroxyl groups is 1. The van der Waals surface area contributed by atoms with Crippen LogP contribution in [0.15, 0.2) is 21.6 Å². The SMILES string of the molecule is CC[C@@H](O)[C@@]1(C)OC(=O)N(CCCCN=[N+]=[N-])[C@@H]1CC(=O)[C@H](C)C[C@@](C)(OC)[C@H](O[C@@H]1OC(C)CC(N(C)C)C1C)[C@@H](C)C1=C(C)C(=O)OC(C)(C)O1.CC[C@H]1OC(=O)[C@H](C)C(=O)[C@H](C)[C@@H](O[C@@H]2OC(C)CC(N(C)C)C2C)[C@](C)(OC)C[C@@H](C)C(=O)C[C@H]2N(CCCCN=[N+]=[N-])C(=O)O[C@]12C. The third-order valence-electron chi connectivity index (χ3n) is 22.6. The van der Waals surface area contributed by atoms with Crippen molar-refractivity contribution in [1.29, 1.82) is 0 Å². The molecule has 6 aliphatic heterocycles. The van der Waals surface area contributed by atoms with Crippen molar-refractivity contribution in [3.63, 3.8) is 0 Å². The number of unbranched alkanes of at least 4 members (excludes halogenated alkanes) is 2. The van der Waals surface area contributed by atoms with Crippen molar-refractivity contribution in [2.24, 2.45) is 51.7 Å². The number of ketones is 3. The monoisotopic (exact) mass is 1440 g/mol. The molecule has 0 aliphatic carbocycles. The maximum atomic E-state index is 14.3. The number of esters is 2. The number of rotatable bonds is 29. The Hall–Kier alpha value is -5.71. The lowest BCUT2D eigenvalue weighted by Crippen LogP contribution is -2.57. The van der Waals surface area contributed by atoms with Gasteiger partial charge in [-0.1, -0.05) is 65.6 Å². The molecular weight excluding hydrogens is 1320 g/mol.